The molecule has 2 N–H and O–H groups in total. The van der Waals surface area contributed by atoms with E-state index in [1.807, 2.05) is 0 Å². The van der Waals surface area contributed by atoms with E-state index in [-0.39, 0.29) is 6.04 Å². The molecule has 0 bridgehead atoms. The largest absolute Gasteiger partial charge is 0.496 e. The smallest absolute Gasteiger partial charge is 0.122 e. The molecular formula is C14H20N2O. The third-order valence-electron chi connectivity index (χ3n) is 4.35. The molecule has 2 heterocycles. The Morgan fingerprint density at radius 2 is 2.24 bits per heavy atom. The van der Waals surface area contributed by atoms with Crippen LogP contribution in [0.3, 0.4) is 0 Å². The second-order valence-electron chi connectivity index (χ2n) is 5.17. The van der Waals surface area contributed by atoms with Crippen LogP contribution in [-0.2, 0) is 6.54 Å². The summed E-state index contributed by atoms with van der Waals surface area (Å²) in [6, 6.07) is 4.93. The van der Waals surface area contributed by atoms with E-state index in [4.69, 9.17) is 10.5 Å². The number of hydrogen-bond acceptors (Lipinski definition) is 3. The van der Waals surface area contributed by atoms with Crippen LogP contribution < -0.4 is 10.5 Å². The molecule has 1 aromatic rings. The first kappa shape index (κ1) is 11.1. The first-order valence-corrected chi connectivity index (χ1v) is 6.38. The molecule has 3 rings (SSSR count). The zero-order chi connectivity index (χ0) is 12.0. The molecule has 2 aliphatic rings. The van der Waals surface area contributed by atoms with Crippen LogP contribution in [-0.4, -0.2) is 24.6 Å². The van der Waals surface area contributed by atoms with Crippen molar-refractivity contribution in [2.45, 2.75) is 38.4 Å². The minimum atomic E-state index is 0.172. The van der Waals surface area contributed by atoms with E-state index < -0.39 is 0 Å². The zero-order valence-electron chi connectivity index (χ0n) is 10.6. The van der Waals surface area contributed by atoms with Gasteiger partial charge in [-0.1, -0.05) is 6.07 Å². The van der Waals surface area contributed by atoms with Crippen LogP contribution in [0, 0.1) is 6.92 Å². The highest BCUT2D eigenvalue weighted by atomic mass is 16.5. The van der Waals surface area contributed by atoms with Crippen LogP contribution in [0.2, 0.25) is 0 Å². The molecule has 3 heteroatoms. The van der Waals surface area contributed by atoms with Gasteiger partial charge in [-0.25, -0.2) is 0 Å². The van der Waals surface area contributed by atoms with Crippen molar-refractivity contribution in [1.29, 1.82) is 0 Å². The SMILES string of the molecule is COc1ccc2c(c1C)CN1CCCC1C2N. The van der Waals surface area contributed by atoms with E-state index in [1.54, 1.807) is 7.11 Å². The first-order valence-electron chi connectivity index (χ1n) is 6.38. The van der Waals surface area contributed by atoms with Crippen LogP contribution in [0.25, 0.3) is 0 Å². The van der Waals surface area contributed by atoms with Gasteiger partial charge >= 0.3 is 0 Å². The summed E-state index contributed by atoms with van der Waals surface area (Å²) in [6.07, 6.45) is 2.52. The van der Waals surface area contributed by atoms with Gasteiger partial charge < -0.3 is 10.5 Å². The van der Waals surface area contributed by atoms with Gasteiger partial charge in [0.25, 0.3) is 0 Å². The number of benzene rings is 1. The zero-order valence-corrected chi connectivity index (χ0v) is 10.6. The standard InChI is InChI=1S/C14H20N2O/c1-9-11-8-16-7-3-4-12(16)14(15)10(11)5-6-13(9)17-2/h5-6,12,14H,3-4,7-8,15H2,1-2H3. The Labute approximate surface area is 103 Å². The van der Waals surface area contributed by atoms with Gasteiger partial charge in [0.2, 0.25) is 0 Å². The minimum absolute atomic E-state index is 0.172. The fourth-order valence-corrected chi connectivity index (χ4v) is 3.36. The quantitative estimate of drug-likeness (QED) is 0.804. The first-order chi connectivity index (χ1) is 8.22. The highest BCUT2D eigenvalue weighted by Crippen LogP contribution is 2.39. The number of methoxy groups -OCH3 is 1. The van der Waals surface area contributed by atoms with E-state index >= 15 is 0 Å². The molecule has 92 valence electrons. The average Bonchev–Trinajstić information content (AvgIpc) is 2.79. The Balaban J connectivity index is 2.07. The summed E-state index contributed by atoms with van der Waals surface area (Å²) in [7, 11) is 1.73. The van der Waals surface area contributed by atoms with Crippen molar-refractivity contribution in [3.63, 3.8) is 0 Å². The van der Waals surface area contributed by atoms with Gasteiger partial charge in [0.1, 0.15) is 5.75 Å². The maximum atomic E-state index is 6.41. The van der Waals surface area contributed by atoms with Gasteiger partial charge in [0.15, 0.2) is 0 Å². The molecule has 2 aliphatic heterocycles. The summed E-state index contributed by atoms with van der Waals surface area (Å²) in [5.41, 5.74) is 10.4. The van der Waals surface area contributed by atoms with Crippen molar-refractivity contribution >= 4 is 0 Å². The molecule has 0 aliphatic carbocycles. The Hall–Kier alpha value is -1.06. The second-order valence-corrected chi connectivity index (χ2v) is 5.17. The Morgan fingerprint density at radius 3 is 3.00 bits per heavy atom. The summed E-state index contributed by atoms with van der Waals surface area (Å²) in [5, 5.41) is 0. The lowest BCUT2D eigenvalue weighted by Gasteiger charge is -2.37. The van der Waals surface area contributed by atoms with Crippen molar-refractivity contribution in [1.82, 2.24) is 4.90 Å². The monoisotopic (exact) mass is 232 g/mol. The highest BCUT2D eigenvalue weighted by Gasteiger charge is 2.36. The van der Waals surface area contributed by atoms with Crippen molar-refractivity contribution in [3.8, 4) is 5.75 Å². The molecule has 1 aromatic carbocycles. The Bertz CT molecular complexity index is 444. The minimum Gasteiger partial charge on any atom is -0.496 e. The third kappa shape index (κ3) is 1.57. The fourth-order valence-electron chi connectivity index (χ4n) is 3.36. The number of rotatable bonds is 1. The third-order valence-corrected chi connectivity index (χ3v) is 4.35. The summed E-state index contributed by atoms with van der Waals surface area (Å²) in [5.74, 6) is 0.980. The highest BCUT2D eigenvalue weighted by molar-refractivity contribution is 5.47. The number of ether oxygens (including phenoxy) is 1. The average molecular weight is 232 g/mol. The van der Waals surface area contributed by atoms with Crippen LogP contribution in [0.1, 0.15) is 35.6 Å². The maximum absolute atomic E-state index is 6.41. The predicted molar refractivity (Wildman–Crippen MR) is 68.1 cm³/mol. The van der Waals surface area contributed by atoms with Crippen LogP contribution in [0.15, 0.2) is 12.1 Å². The van der Waals surface area contributed by atoms with E-state index in [0.717, 1.165) is 12.3 Å². The normalized spacial score (nSPS) is 27.7. The van der Waals surface area contributed by atoms with Crippen LogP contribution in [0.4, 0.5) is 0 Å². The molecule has 0 radical (unpaired) electrons. The molecular weight excluding hydrogens is 212 g/mol. The van der Waals surface area contributed by atoms with Crippen molar-refractivity contribution in [2.24, 2.45) is 5.73 Å². The number of nitrogens with zero attached hydrogens (tertiary/aromatic N) is 1. The van der Waals surface area contributed by atoms with Gasteiger partial charge in [-0.2, -0.15) is 0 Å². The Morgan fingerprint density at radius 1 is 1.41 bits per heavy atom. The molecule has 0 saturated carbocycles. The summed E-state index contributed by atoms with van der Waals surface area (Å²) < 4.78 is 5.40. The van der Waals surface area contributed by atoms with Crippen LogP contribution >= 0.6 is 0 Å². The van der Waals surface area contributed by atoms with E-state index in [9.17, 15) is 0 Å². The molecule has 17 heavy (non-hydrogen) atoms. The van der Waals surface area contributed by atoms with E-state index in [1.165, 1.54) is 36.1 Å². The number of nitrogens with two attached hydrogens (primary N) is 1. The molecule has 2 unspecified atom stereocenters. The van der Waals surface area contributed by atoms with E-state index in [2.05, 4.69) is 24.0 Å². The van der Waals surface area contributed by atoms with E-state index in [0.29, 0.717) is 6.04 Å². The number of fused-ring (bicyclic) bond motifs is 2. The van der Waals surface area contributed by atoms with Gasteiger partial charge in [0.05, 0.1) is 7.11 Å². The molecule has 1 saturated heterocycles. The molecule has 3 nitrogen and oxygen atoms in total. The maximum Gasteiger partial charge on any atom is 0.122 e. The molecule has 0 spiro atoms. The topological polar surface area (TPSA) is 38.5 Å². The number of hydrogen-bond donors (Lipinski definition) is 1. The summed E-state index contributed by atoms with van der Waals surface area (Å²) in [6.45, 7) is 4.37. The summed E-state index contributed by atoms with van der Waals surface area (Å²) >= 11 is 0. The molecule has 0 amide bonds. The van der Waals surface area contributed by atoms with Crippen LogP contribution in [0.5, 0.6) is 5.75 Å². The molecule has 0 aromatic heterocycles. The van der Waals surface area contributed by atoms with Gasteiger partial charge in [-0.05, 0) is 49.1 Å². The van der Waals surface area contributed by atoms with Gasteiger partial charge in [-0.3, -0.25) is 4.90 Å². The lowest BCUT2D eigenvalue weighted by Crippen LogP contribution is -2.42. The van der Waals surface area contributed by atoms with Crippen molar-refractivity contribution in [3.05, 3.63) is 28.8 Å². The van der Waals surface area contributed by atoms with Crippen molar-refractivity contribution in [2.75, 3.05) is 13.7 Å². The molecule has 2 atom stereocenters. The van der Waals surface area contributed by atoms with Gasteiger partial charge in [-0.15, -0.1) is 0 Å². The Kier molecular flexibility index (Phi) is 2.60. The fraction of sp³-hybridized carbons (Fsp3) is 0.571. The lowest BCUT2D eigenvalue weighted by molar-refractivity contribution is 0.196. The predicted octanol–water partition coefficient (Wildman–Crippen LogP) is 1.98. The van der Waals surface area contributed by atoms with Crippen molar-refractivity contribution < 1.29 is 4.74 Å². The summed E-state index contributed by atoms with van der Waals surface area (Å²) in [4.78, 5) is 2.53. The van der Waals surface area contributed by atoms with Gasteiger partial charge in [0, 0.05) is 18.6 Å². The molecule has 1 fully saturated rings. The lowest BCUT2D eigenvalue weighted by atomic mass is 9.87. The second kappa shape index (κ2) is 4.00.